The van der Waals surface area contributed by atoms with E-state index in [2.05, 4.69) is 6.58 Å². The fourth-order valence-electron chi connectivity index (χ4n) is 2.43. The zero-order valence-electron chi connectivity index (χ0n) is 13.4. The first-order valence-corrected chi connectivity index (χ1v) is 9.35. The Morgan fingerprint density at radius 2 is 1.43 bits per heavy atom. The summed E-state index contributed by atoms with van der Waals surface area (Å²) in [6.07, 6.45) is -0.352. The number of ether oxygens (including phenoxy) is 1. The van der Waals surface area contributed by atoms with Gasteiger partial charge < -0.3 is 9.30 Å². The minimum absolute atomic E-state index is 0.218. The number of carbonyl (C=O) groups excluding carboxylic acids is 1. The topological polar surface area (TPSA) is 43.4 Å². The van der Waals surface area contributed by atoms with Crippen LogP contribution in [0.4, 0.5) is 0 Å². The summed E-state index contributed by atoms with van der Waals surface area (Å²) in [4.78, 5) is 11.4. The van der Waals surface area contributed by atoms with E-state index in [9.17, 15) is 9.36 Å². The molecule has 0 radical (unpaired) electrons. The van der Waals surface area contributed by atoms with Gasteiger partial charge in [-0.05, 0) is 12.5 Å². The summed E-state index contributed by atoms with van der Waals surface area (Å²) in [6, 6.07) is 18.7. The highest BCUT2D eigenvalue weighted by Gasteiger charge is 2.32. The second kappa shape index (κ2) is 7.43. The lowest BCUT2D eigenvalue weighted by atomic mass is 10.2. The average molecular weight is 328 g/mol. The lowest BCUT2D eigenvalue weighted by Crippen LogP contribution is -2.28. The maximum atomic E-state index is 13.9. The molecule has 120 valence electrons. The van der Waals surface area contributed by atoms with Crippen molar-refractivity contribution in [1.82, 2.24) is 0 Å². The number of carbonyl (C=O) groups is 1. The van der Waals surface area contributed by atoms with E-state index in [1.807, 2.05) is 60.7 Å². The van der Waals surface area contributed by atoms with Gasteiger partial charge in [0.25, 0.3) is 0 Å². The first-order valence-electron chi connectivity index (χ1n) is 7.46. The molecule has 4 heteroatoms. The van der Waals surface area contributed by atoms with E-state index in [0.29, 0.717) is 5.57 Å². The first kappa shape index (κ1) is 17.2. The van der Waals surface area contributed by atoms with E-state index in [0.717, 1.165) is 10.6 Å². The van der Waals surface area contributed by atoms with Gasteiger partial charge in [0.1, 0.15) is 13.2 Å². The minimum atomic E-state index is -2.93. The fourth-order valence-corrected chi connectivity index (χ4v) is 5.31. The molecule has 0 saturated heterocycles. The van der Waals surface area contributed by atoms with Crippen molar-refractivity contribution in [2.24, 2.45) is 0 Å². The number of hydrogen-bond acceptors (Lipinski definition) is 3. The molecule has 0 saturated carbocycles. The van der Waals surface area contributed by atoms with Gasteiger partial charge in [0, 0.05) is 17.5 Å². The van der Waals surface area contributed by atoms with Crippen LogP contribution in [-0.4, -0.2) is 18.2 Å². The van der Waals surface area contributed by atoms with Crippen LogP contribution in [0.1, 0.15) is 13.8 Å². The molecule has 0 heterocycles. The predicted molar refractivity (Wildman–Crippen MR) is 95.0 cm³/mol. The average Bonchev–Trinajstić information content (AvgIpc) is 2.55. The summed E-state index contributed by atoms with van der Waals surface area (Å²) in [7, 11) is -2.93. The molecule has 0 aliphatic rings. The molecule has 1 unspecified atom stereocenters. The van der Waals surface area contributed by atoms with Gasteiger partial charge >= 0.3 is 5.97 Å². The Morgan fingerprint density at radius 1 is 1.00 bits per heavy atom. The summed E-state index contributed by atoms with van der Waals surface area (Å²) < 4.78 is 19.2. The highest BCUT2D eigenvalue weighted by atomic mass is 31.2. The summed E-state index contributed by atoms with van der Waals surface area (Å²) in [5.74, 6) is -0.398. The zero-order valence-corrected chi connectivity index (χ0v) is 14.3. The number of hydrogen-bond donors (Lipinski definition) is 0. The van der Waals surface area contributed by atoms with Crippen molar-refractivity contribution < 1.29 is 14.1 Å². The molecule has 0 aliphatic heterocycles. The van der Waals surface area contributed by atoms with Gasteiger partial charge in [-0.3, -0.25) is 4.79 Å². The Balaban J connectivity index is 2.48. The zero-order chi connectivity index (χ0) is 16.9. The SMILES string of the molecule is C=C(C)C(CP(=O)(c1ccccc1)c1ccccc1)OC(C)=O. The van der Waals surface area contributed by atoms with Crippen molar-refractivity contribution in [2.45, 2.75) is 20.0 Å². The molecule has 23 heavy (non-hydrogen) atoms. The van der Waals surface area contributed by atoms with Gasteiger partial charge in [0.15, 0.2) is 0 Å². The van der Waals surface area contributed by atoms with Gasteiger partial charge in [-0.2, -0.15) is 0 Å². The largest absolute Gasteiger partial charge is 0.458 e. The predicted octanol–water partition coefficient (Wildman–Crippen LogP) is 3.51. The fraction of sp³-hybridized carbons (Fsp3) is 0.211. The van der Waals surface area contributed by atoms with Gasteiger partial charge in [-0.1, -0.05) is 67.2 Å². The van der Waals surface area contributed by atoms with Crippen LogP contribution in [0, 0.1) is 0 Å². The Morgan fingerprint density at radius 3 is 1.78 bits per heavy atom. The maximum Gasteiger partial charge on any atom is 0.303 e. The monoisotopic (exact) mass is 328 g/mol. The van der Waals surface area contributed by atoms with Crippen molar-refractivity contribution in [3.8, 4) is 0 Å². The third-order valence-corrected chi connectivity index (χ3v) is 6.74. The smallest absolute Gasteiger partial charge is 0.303 e. The van der Waals surface area contributed by atoms with Crippen LogP contribution in [0.2, 0.25) is 0 Å². The van der Waals surface area contributed by atoms with Crippen LogP contribution in [0.5, 0.6) is 0 Å². The van der Waals surface area contributed by atoms with Crippen LogP contribution in [0.15, 0.2) is 72.8 Å². The molecule has 0 fully saturated rings. The van der Waals surface area contributed by atoms with Crippen molar-refractivity contribution in [1.29, 1.82) is 0 Å². The van der Waals surface area contributed by atoms with E-state index >= 15 is 0 Å². The summed E-state index contributed by atoms with van der Waals surface area (Å²) in [5, 5.41) is 1.51. The minimum Gasteiger partial charge on any atom is -0.458 e. The Hall–Kier alpha value is -2.12. The van der Waals surface area contributed by atoms with Crippen LogP contribution >= 0.6 is 7.14 Å². The Bertz CT molecular complexity index is 679. The molecule has 3 nitrogen and oxygen atoms in total. The second-order valence-corrected chi connectivity index (χ2v) is 8.42. The summed E-state index contributed by atoms with van der Waals surface area (Å²) >= 11 is 0. The molecule has 0 amide bonds. The third kappa shape index (κ3) is 4.20. The highest BCUT2D eigenvalue weighted by Crippen LogP contribution is 2.45. The second-order valence-electron chi connectivity index (χ2n) is 5.54. The van der Waals surface area contributed by atoms with Crippen LogP contribution in [-0.2, 0) is 14.1 Å². The van der Waals surface area contributed by atoms with E-state index in [1.165, 1.54) is 6.92 Å². The van der Waals surface area contributed by atoms with E-state index in [1.54, 1.807) is 6.92 Å². The first-order chi connectivity index (χ1) is 10.9. The molecule has 0 aromatic heterocycles. The Labute approximate surface area is 137 Å². The van der Waals surface area contributed by atoms with Crippen molar-refractivity contribution in [2.75, 3.05) is 6.16 Å². The number of esters is 1. The Kier molecular flexibility index (Phi) is 5.57. The standard InChI is InChI=1S/C19H21O3P/c1-15(2)19(22-16(3)20)14-23(21,17-10-6-4-7-11-17)18-12-8-5-9-13-18/h4-13,19H,1,14H2,2-3H3. The molecule has 2 aromatic carbocycles. The molecule has 0 bridgehead atoms. The maximum absolute atomic E-state index is 13.9. The van der Waals surface area contributed by atoms with Crippen molar-refractivity contribution in [3.63, 3.8) is 0 Å². The van der Waals surface area contributed by atoms with Crippen LogP contribution < -0.4 is 10.6 Å². The highest BCUT2D eigenvalue weighted by molar-refractivity contribution is 7.78. The molecule has 0 spiro atoms. The van der Waals surface area contributed by atoms with Crippen molar-refractivity contribution >= 4 is 23.7 Å². The number of rotatable bonds is 6. The van der Waals surface area contributed by atoms with Gasteiger partial charge in [-0.25, -0.2) is 0 Å². The quantitative estimate of drug-likeness (QED) is 0.463. The van der Waals surface area contributed by atoms with Crippen molar-refractivity contribution in [3.05, 3.63) is 72.8 Å². The van der Waals surface area contributed by atoms with Gasteiger partial charge in [0.05, 0.1) is 6.16 Å². The lowest BCUT2D eigenvalue weighted by Gasteiger charge is -2.25. The van der Waals surface area contributed by atoms with E-state index in [-0.39, 0.29) is 6.16 Å². The van der Waals surface area contributed by atoms with Crippen LogP contribution in [0.25, 0.3) is 0 Å². The van der Waals surface area contributed by atoms with Crippen LogP contribution in [0.3, 0.4) is 0 Å². The number of benzene rings is 2. The third-order valence-electron chi connectivity index (χ3n) is 3.63. The van der Waals surface area contributed by atoms with E-state index < -0.39 is 19.2 Å². The molecule has 0 N–H and O–H groups in total. The summed E-state index contributed by atoms with van der Waals surface area (Å²) in [5.41, 5.74) is 0.687. The molecule has 2 aromatic rings. The molecule has 0 aliphatic carbocycles. The van der Waals surface area contributed by atoms with Gasteiger partial charge in [-0.15, -0.1) is 0 Å². The molecular formula is C19H21O3P. The molecule has 1 atom stereocenters. The normalized spacial score (nSPS) is 12.4. The molecular weight excluding hydrogens is 307 g/mol. The molecule has 2 rings (SSSR count). The van der Waals surface area contributed by atoms with E-state index in [4.69, 9.17) is 4.74 Å². The summed E-state index contributed by atoms with van der Waals surface area (Å²) in [6.45, 7) is 7.02. The van der Waals surface area contributed by atoms with Gasteiger partial charge in [0.2, 0.25) is 0 Å². The lowest BCUT2D eigenvalue weighted by molar-refractivity contribution is -0.143.